The number of aromatic nitrogens is 1. The van der Waals surface area contributed by atoms with Crippen molar-refractivity contribution in [2.45, 2.75) is 6.92 Å². The van der Waals surface area contributed by atoms with E-state index >= 15 is 0 Å². The first-order valence-electron chi connectivity index (χ1n) is 5.97. The molecule has 5 nitrogen and oxygen atoms in total. The van der Waals surface area contributed by atoms with E-state index in [0.29, 0.717) is 11.3 Å². The molecule has 0 saturated heterocycles. The van der Waals surface area contributed by atoms with Gasteiger partial charge in [-0.05, 0) is 30.5 Å². The summed E-state index contributed by atoms with van der Waals surface area (Å²) in [5.41, 5.74) is 0.923. The number of carbonyl (C=O) groups is 2. The molecule has 0 atom stereocenters. The summed E-state index contributed by atoms with van der Waals surface area (Å²) in [5.74, 6) is -1.00. The van der Waals surface area contributed by atoms with Crippen LogP contribution >= 0.6 is 11.3 Å². The number of thiophene rings is 1. The molecular weight excluding hydrogens is 278 g/mol. The fraction of sp³-hybridized carbons (Fsp3) is 0.214. The Morgan fingerprint density at radius 2 is 2.05 bits per heavy atom. The molecule has 0 saturated carbocycles. The normalized spacial score (nSPS) is 10.1. The van der Waals surface area contributed by atoms with Crippen molar-refractivity contribution in [3.8, 4) is 10.6 Å². The van der Waals surface area contributed by atoms with E-state index in [2.05, 4.69) is 9.72 Å². The Labute approximate surface area is 120 Å². The third-order valence-electron chi connectivity index (χ3n) is 2.54. The molecular formula is C14H13NO4S. The predicted molar refractivity (Wildman–Crippen MR) is 74.8 cm³/mol. The number of carbonyl (C=O) groups excluding carboxylic acids is 2. The first kappa shape index (κ1) is 14.2. The summed E-state index contributed by atoms with van der Waals surface area (Å²) in [6.07, 6.45) is 0. The van der Waals surface area contributed by atoms with Crippen molar-refractivity contribution in [3.05, 3.63) is 40.9 Å². The smallest absolute Gasteiger partial charge is 0.356 e. The average molecular weight is 291 g/mol. The van der Waals surface area contributed by atoms with Gasteiger partial charge in [-0.25, -0.2) is 14.6 Å². The Morgan fingerprint density at radius 3 is 2.65 bits per heavy atom. The Kier molecular flexibility index (Phi) is 4.47. The van der Waals surface area contributed by atoms with Gasteiger partial charge in [-0.3, -0.25) is 0 Å². The number of esters is 2. The summed E-state index contributed by atoms with van der Waals surface area (Å²) in [4.78, 5) is 28.5. The molecule has 0 unspecified atom stereocenters. The topological polar surface area (TPSA) is 65.5 Å². The van der Waals surface area contributed by atoms with Crippen LogP contribution in [0.3, 0.4) is 0 Å². The van der Waals surface area contributed by atoms with Crippen molar-refractivity contribution < 1.29 is 19.1 Å². The van der Waals surface area contributed by atoms with Gasteiger partial charge in [0.15, 0.2) is 0 Å². The second kappa shape index (κ2) is 6.29. The summed E-state index contributed by atoms with van der Waals surface area (Å²) in [7, 11) is 1.29. The van der Waals surface area contributed by atoms with Crippen LogP contribution in [0.1, 0.15) is 27.8 Å². The highest BCUT2D eigenvalue weighted by Gasteiger charge is 2.19. The molecule has 104 valence electrons. The first-order chi connectivity index (χ1) is 9.67. The molecule has 0 bridgehead atoms. The molecule has 2 aromatic heterocycles. The van der Waals surface area contributed by atoms with E-state index in [-0.39, 0.29) is 12.3 Å². The Bertz CT molecular complexity index is 622. The lowest BCUT2D eigenvalue weighted by Crippen LogP contribution is -2.11. The number of pyridine rings is 1. The SMILES string of the molecule is CCOC(=O)c1ccc(C(=O)OC)nc1-c1cccs1. The van der Waals surface area contributed by atoms with E-state index in [0.717, 1.165) is 4.88 Å². The number of rotatable bonds is 4. The lowest BCUT2D eigenvalue weighted by molar-refractivity contribution is 0.0523. The quantitative estimate of drug-likeness (QED) is 0.810. The van der Waals surface area contributed by atoms with Crippen LogP contribution in [0, 0.1) is 0 Å². The van der Waals surface area contributed by atoms with Crippen LogP contribution in [0.15, 0.2) is 29.6 Å². The lowest BCUT2D eigenvalue weighted by Gasteiger charge is -2.08. The average Bonchev–Trinajstić information content (AvgIpc) is 3.00. The first-order valence-corrected chi connectivity index (χ1v) is 6.85. The van der Waals surface area contributed by atoms with Gasteiger partial charge in [-0.1, -0.05) is 6.07 Å². The molecule has 0 spiro atoms. The summed E-state index contributed by atoms with van der Waals surface area (Å²) < 4.78 is 9.65. The largest absolute Gasteiger partial charge is 0.464 e. The third kappa shape index (κ3) is 2.85. The molecule has 20 heavy (non-hydrogen) atoms. The molecule has 0 aliphatic heterocycles. The lowest BCUT2D eigenvalue weighted by atomic mass is 10.1. The molecule has 0 aliphatic carbocycles. The zero-order valence-electron chi connectivity index (χ0n) is 11.1. The van der Waals surface area contributed by atoms with Gasteiger partial charge in [0.05, 0.1) is 29.9 Å². The van der Waals surface area contributed by atoms with E-state index in [1.54, 1.807) is 6.92 Å². The Balaban J connectivity index is 2.52. The Morgan fingerprint density at radius 1 is 1.25 bits per heavy atom. The molecule has 2 heterocycles. The number of hydrogen-bond acceptors (Lipinski definition) is 6. The minimum absolute atomic E-state index is 0.156. The molecule has 2 rings (SSSR count). The van der Waals surface area contributed by atoms with E-state index in [9.17, 15) is 9.59 Å². The van der Waals surface area contributed by atoms with Gasteiger partial charge in [0, 0.05) is 0 Å². The maximum absolute atomic E-state index is 11.9. The van der Waals surface area contributed by atoms with Crippen LogP contribution < -0.4 is 0 Å². The molecule has 0 radical (unpaired) electrons. The maximum Gasteiger partial charge on any atom is 0.356 e. The molecule has 0 N–H and O–H groups in total. The minimum Gasteiger partial charge on any atom is -0.464 e. The van der Waals surface area contributed by atoms with Crippen LogP contribution in [0.2, 0.25) is 0 Å². The monoisotopic (exact) mass is 291 g/mol. The molecule has 0 aliphatic rings. The van der Waals surface area contributed by atoms with E-state index in [4.69, 9.17) is 4.74 Å². The van der Waals surface area contributed by atoms with Crippen LogP contribution in [0.5, 0.6) is 0 Å². The summed E-state index contributed by atoms with van der Waals surface area (Å²) in [6.45, 7) is 2.01. The predicted octanol–water partition coefficient (Wildman–Crippen LogP) is 2.77. The van der Waals surface area contributed by atoms with Gasteiger partial charge < -0.3 is 9.47 Å². The van der Waals surface area contributed by atoms with Gasteiger partial charge in [-0.2, -0.15) is 0 Å². The van der Waals surface area contributed by atoms with Gasteiger partial charge in [-0.15, -0.1) is 11.3 Å². The Hall–Kier alpha value is -2.21. The van der Waals surface area contributed by atoms with Crippen LogP contribution in [-0.4, -0.2) is 30.6 Å². The van der Waals surface area contributed by atoms with E-state index < -0.39 is 11.9 Å². The van der Waals surface area contributed by atoms with Crippen molar-refractivity contribution in [1.29, 1.82) is 0 Å². The molecule has 0 aromatic carbocycles. The highest BCUT2D eigenvalue weighted by Crippen LogP contribution is 2.27. The summed E-state index contributed by atoms with van der Waals surface area (Å²) in [5, 5.41) is 1.87. The van der Waals surface area contributed by atoms with E-state index in [1.807, 2.05) is 17.5 Å². The maximum atomic E-state index is 11.9. The van der Waals surface area contributed by atoms with Gasteiger partial charge in [0.25, 0.3) is 0 Å². The number of nitrogens with zero attached hydrogens (tertiary/aromatic N) is 1. The second-order valence-electron chi connectivity index (χ2n) is 3.78. The molecule has 6 heteroatoms. The number of hydrogen-bond donors (Lipinski definition) is 0. The third-order valence-corrected chi connectivity index (χ3v) is 3.42. The van der Waals surface area contributed by atoms with Crippen molar-refractivity contribution in [2.24, 2.45) is 0 Å². The number of ether oxygens (including phenoxy) is 2. The van der Waals surface area contributed by atoms with Crippen molar-refractivity contribution in [3.63, 3.8) is 0 Å². The summed E-state index contributed by atoms with van der Waals surface area (Å²) >= 11 is 1.43. The highest BCUT2D eigenvalue weighted by atomic mass is 32.1. The van der Waals surface area contributed by atoms with Crippen molar-refractivity contribution in [2.75, 3.05) is 13.7 Å². The van der Waals surface area contributed by atoms with Crippen LogP contribution in [0.25, 0.3) is 10.6 Å². The summed E-state index contributed by atoms with van der Waals surface area (Å²) in [6, 6.07) is 6.67. The number of methoxy groups -OCH3 is 1. The standard InChI is InChI=1S/C14H13NO4S/c1-3-19-13(16)9-6-7-10(14(17)18-2)15-12(9)11-5-4-8-20-11/h4-8H,3H2,1-2H3. The fourth-order valence-corrected chi connectivity index (χ4v) is 2.38. The fourth-order valence-electron chi connectivity index (χ4n) is 1.65. The van der Waals surface area contributed by atoms with Crippen molar-refractivity contribution >= 4 is 23.3 Å². The van der Waals surface area contributed by atoms with Gasteiger partial charge >= 0.3 is 11.9 Å². The van der Waals surface area contributed by atoms with Gasteiger partial charge in [0.1, 0.15) is 5.69 Å². The zero-order chi connectivity index (χ0) is 14.5. The van der Waals surface area contributed by atoms with Crippen LogP contribution in [0.4, 0.5) is 0 Å². The van der Waals surface area contributed by atoms with E-state index in [1.165, 1.54) is 30.6 Å². The van der Waals surface area contributed by atoms with Gasteiger partial charge in [0.2, 0.25) is 0 Å². The minimum atomic E-state index is -0.543. The zero-order valence-corrected chi connectivity index (χ0v) is 11.9. The van der Waals surface area contributed by atoms with Crippen molar-refractivity contribution in [1.82, 2.24) is 4.98 Å². The molecule has 2 aromatic rings. The second-order valence-corrected chi connectivity index (χ2v) is 4.73. The molecule has 0 amide bonds. The molecule has 0 fully saturated rings. The van der Waals surface area contributed by atoms with Crippen LogP contribution in [-0.2, 0) is 9.47 Å². The highest BCUT2D eigenvalue weighted by molar-refractivity contribution is 7.13.